The Morgan fingerprint density at radius 1 is 1.08 bits per heavy atom. The summed E-state index contributed by atoms with van der Waals surface area (Å²) >= 11 is 0. The van der Waals surface area contributed by atoms with Crippen LogP contribution in [-0.2, 0) is 4.79 Å². The number of nitrogens with one attached hydrogen (secondary N) is 1. The lowest BCUT2D eigenvalue weighted by Crippen LogP contribution is -2.50. The van der Waals surface area contributed by atoms with Crippen LogP contribution in [0.5, 0.6) is 5.75 Å². The van der Waals surface area contributed by atoms with E-state index in [-0.39, 0.29) is 12.5 Å². The summed E-state index contributed by atoms with van der Waals surface area (Å²) in [5.41, 5.74) is 2.60. The van der Waals surface area contributed by atoms with E-state index in [2.05, 4.69) is 16.3 Å². The Balaban J connectivity index is 1.47. The van der Waals surface area contributed by atoms with E-state index in [1.54, 1.807) is 19.2 Å². The molecule has 26 heavy (non-hydrogen) atoms. The van der Waals surface area contributed by atoms with Crippen molar-refractivity contribution < 1.29 is 9.53 Å². The van der Waals surface area contributed by atoms with E-state index >= 15 is 0 Å². The highest BCUT2D eigenvalue weighted by atomic mass is 16.5. The number of rotatable bonds is 5. The van der Waals surface area contributed by atoms with Gasteiger partial charge < -0.3 is 19.9 Å². The number of ether oxygens (including phenoxy) is 1. The van der Waals surface area contributed by atoms with Crippen molar-refractivity contribution in [1.29, 1.82) is 5.26 Å². The predicted molar refractivity (Wildman–Crippen MR) is 101 cm³/mol. The fourth-order valence-corrected chi connectivity index (χ4v) is 2.96. The SMILES string of the molecule is COc1ccc(N2CCN(C(=O)CNc3ccc(C#N)cc3)CC2)cc1. The van der Waals surface area contributed by atoms with Crippen LogP contribution in [0.4, 0.5) is 11.4 Å². The number of nitriles is 1. The molecule has 0 bridgehead atoms. The van der Waals surface area contributed by atoms with Gasteiger partial charge in [-0.2, -0.15) is 5.26 Å². The Bertz CT molecular complexity index is 773. The molecule has 0 aromatic heterocycles. The van der Waals surface area contributed by atoms with E-state index in [0.717, 1.165) is 30.2 Å². The molecule has 0 atom stereocenters. The van der Waals surface area contributed by atoms with Gasteiger partial charge in [0.05, 0.1) is 25.3 Å². The monoisotopic (exact) mass is 350 g/mol. The van der Waals surface area contributed by atoms with Crippen LogP contribution in [0, 0.1) is 11.3 Å². The average molecular weight is 350 g/mol. The summed E-state index contributed by atoms with van der Waals surface area (Å²) in [7, 11) is 1.66. The van der Waals surface area contributed by atoms with Crippen LogP contribution in [0.3, 0.4) is 0 Å². The van der Waals surface area contributed by atoms with Gasteiger partial charge in [0.15, 0.2) is 0 Å². The van der Waals surface area contributed by atoms with Gasteiger partial charge in [0.2, 0.25) is 5.91 Å². The molecule has 6 heteroatoms. The van der Waals surface area contributed by atoms with Crippen molar-refractivity contribution in [2.75, 3.05) is 50.1 Å². The zero-order valence-electron chi connectivity index (χ0n) is 14.8. The van der Waals surface area contributed by atoms with Crippen molar-refractivity contribution in [2.24, 2.45) is 0 Å². The molecule has 0 saturated carbocycles. The van der Waals surface area contributed by atoms with Crippen molar-refractivity contribution in [3.05, 3.63) is 54.1 Å². The molecule has 2 aromatic carbocycles. The van der Waals surface area contributed by atoms with Crippen LogP contribution in [0.15, 0.2) is 48.5 Å². The van der Waals surface area contributed by atoms with Crippen LogP contribution in [0.1, 0.15) is 5.56 Å². The van der Waals surface area contributed by atoms with E-state index < -0.39 is 0 Å². The molecular weight excluding hydrogens is 328 g/mol. The molecule has 0 radical (unpaired) electrons. The second-order valence-corrected chi connectivity index (χ2v) is 6.11. The number of amides is 1. The maximum atomic E-state index is 12.4. The molecule has 1 saturated heterocycles. The Labute approximate surface area is 153 Å². The average Bonchev–Trinajstić information content (AvgIpc) is 2.72. The quantitative estimate of drug-likeness (QED) is 0.896. The molecule has 1 heterocycles. The summed E-state index contributed by atoms with van der Waals surface area (Å²) < 4.78 is 5.19. The highest BCUT2D eigenvalue weighted by molar-refractivity contribution is 5.81. The topological polar surface area (TPSA) is 68.6 Å². The Kier molecular flexibility index (Phi) is 5.59. The molecule has 1 N–H and O–H groups in total. The van der Waals surface area contributed by atoms with Crippen LogP contribution in [0.2, 0.25) is 0 Å². The summed E-state index contributed by atoms with van der Waals surface area (Å²) in [5, 5.41) is 11.9. The van der Waals surface area contributed by atoms with Crippen LogP contribution in [-0.4, -0.2) is 50.6 Å². The first-order valence-corrected chi connectivity index (χ1v) is 8.60. The van der Waals surface area contributed by atoms with Gasteiger partial charge in [0.25, 0.3) is 0 Å². The van der Waals surface area contributed by atoms with E-state index in [0.29, 0.717) is 18.7 Å². The predicted octanol–water partition coefficient (Wildman–Crippen LogP) is 2.33. The molecule has 6 nitrogen and oxygen atoms in total. The number of carbonyl (C=O) groups excluding carboxylic acids is 1. The molecular formula is C20H22N4O2. The van der Waals surface area contributed by atoms with Crippen molar-refractivity contribution in [1.82, 2.24) is 4.90 Å². The first-order valence-electron chi connectivity index (χ1n) is 8.60. The minimum Gasteiger partial charge on any atom is -0.497 e. The molecule has 1 fully saturated rings. The highest BCUT2D eigenvalue weighted by Crippen LogP contribution is 2.20. The van der Waals surface area contributed by atoms with Crippen LogP contribution >= 0.6 is 0 Å². The maximum absolute atomic E-state index is 12.4. The Morgan fingerprint density at radius 2 is 1.73 bits per heavy atom. The Hall–Kier alpha value is -3.20. The number of carbonyl (C=O) groups is 1. The van der Waals surface area contributed by atoms with Crippen LogP contribution < -0.4 is 15.0 Å². The van der Waals surface area contributed by atoms with Gasteiger partial charge >= 0.3 is 0 Å². The number of hydrogen-bond acceptors (Lipinski definition) is 5. The van der Waals surface area contributed by atoms with Gasteiger partial charge in [0.1, 0.15) is 5.75 Å². The van der Waals surface area contributed by atoms with Gasteiger partial charge in [-0.05, 0) is 48.5 Å². The largest absolute Gasteiger partial charge is 0.497 e. The smallest absolute Gasteiger partial charge is 0.241 e. The third-order valence-electron chi connectivity index (χ3n) is 4.53. The first kappa shape index (κ1) is 17.6. The second-order valence-electron chi connectivity index (χ2n) is 6.11. The first-order chi connectivity index (χ1) is 12.7. The van der Waals surface area contributed by atoms with Crippen LogP contribution in [0.25, 0.3) is 0 Å². The molecule has 1 amide bonds. The van der Waals surface area contributed by atoms with Gasteiger partial charge in [-0.1, -0.05) is 0 Å². The zero-order valence-corrected chi connectivity index (χ0v) is 14.8. The fourth-order valence-electron chi connectivity index (χ4n) is 2.96. The molecule has 0 spiro atoms. The molecule has 0 aliphatic carbocycles. The van der Waals surface area contributed by atoms with Crippen molar-refractivity contribution in [2.45, 2.75) is 0 Å². The summed E-state index contributed by atoms with van der Waals surface area (Å²) in [4.78, 5) is 16.6. The fraction of sp³-hybridized carbons (Fsp3) is 0.300. The highest BCUT2D eigenvalue weighted by Gasteiger charge is 2.21. The summed E-state index contributed by atoms with van der Waals surface area (Å²) in [6.45, 7) is 3.30. The van der Waals surface area contributed by atoms with Gasteiger partial charge in [-0.3, -0.25) is 4.79 Å². The maximum Gasteiger partial charge on any atom is 0.241 e. The number of piperazine rings is 1. The molecule has 1 aliphatic rings. The normalized spacial score (nSPS) is 13.8. The van der Waals surface area contributed by atoms with Crippen molar-refractivity contribution in [3.8, 4) is 11.8 Å². The lowest BCUT2D eigenvalue weighted by molar-refractivity contribution is -0.129. The molecule has 3 rings (SSSR count). The minimum absolute atomic E-state index is 0.0868. The minimum atomic E-state index is 0.0868. The van der Waals surface area contributed by atoms with E-state index in [1.165, 1.54) is 0 Å². The third-order valence-corrected chi connectivity index (χ3v) is 4.53. The van der Waals surface area contributed by atoms with Gasteiger partial charge in [-0.15, -0.1) is 0 Å². The zero-order chi connectivity index (χ0) is 18.4. The Morgan fingerprint density at radius 3 is 2.31 bits per heavy atom. The van der Waals surface area contributed by atoms with E-state index in [1.807, 2.05) is 41.3 Å². The van der Waals surface area contributed by atoms with E-state index in [9.17, 15) is 4.79 Å². The number of benzene rings is 2. The number of anilines is 2. The van der Waals surface area contributed by atoms with Crippen molar-refractivity contribution >= 4 is 17.3 Å². The lowest BCUT2D eigenvalue weighted by Gasteiger charge is -2.36. The number of methoxy groups -OCH3 is 1. The van der Waals surface area contributed by atoms with Crippen molar-refractivity contribution in [3.63, 3.8) is 0 Å². The summed E-state index contributed by atoms with van der Waals surface area (Å²) in [6.07, 6.45) is 0. The summed E-state index contributed by atoms with van der Waals surface area (Å²) in [5.74, 6) is 0.931. The molecule has 1 aliphatic heterocycles. The van der Waals surface area contributed by atoms with E-state index in [4.69, 9.17) is 10.00 Å². The standard InChI is InChI=1S/C20H22N4O2/c1-26-19-8-6-18(7-9-19)23-10-12-24(13-11-23)20(25)15-22-17-4-2-16(14-21)3-5-17/h2-9,22H,10-13,15H2,1H3. The van der Waals surface area contributed by atoms with Gasteiger partial charge in [-0.25, -0.2) is 0 Å². The molecule has 0 unspecified atom stereocenters. The van der Waals surface area contributed by atoms with Gasteiger partial charge in [0, 0.05) is 37.6 Å². The number of nitrogens with zero attached hydrogens (tertiary/aromatic N) is 3. The number of hydrogen-bond donors (Lipinski definition) is 1. The molecule has 2 aromatic rings. The third kappa shape index (κ3) is 4.25. The lowest BCUT2D eigenvalue weighted by atomic mass is 10.2. The second kappa shape index (κ2) is 8.26. The molecule has 134 valence electrons. The summed E-state index contributed by atoms with van der Waals surface area (Å²) in [6, 6.07) is 17.2.